The van der Waals surface area contributed by atoms with Gasteiger partial charge >= 0.3 is 0 Å². The van der Waals surface area contributed by atoms with Crippen LogP contribution in [-0.2, 0) is 6.54 Å². The molecule has 5 heteroatoms. The van der Waals surface area contributed by atoms with Crippen molar-refractivity contribution in [2.45, 2.75) is 13.5 Å². The van der Waals surface area contributed by atoms with E-state index in [1.165, 1.54) is 12.4 Å². The molecule has 1 aromatic heterocycles. The molecule has 24 heavy (non-hydrogen) atoms. The van der Waals surface area contributed by atoms with Crippen molar-refractivity contribution in [1.82, 2.24) is 9.97 Å². The smallest absolute Gasteiger partial charge is 0.138 e. The van der Waals surface area contributed by atoms with Crippen molar-refractivity contribution in [2.75, 3.05) is 16.8 Å². The molecule has 2 aromatic carbocycles. The molecule has 0 spiro atoms. The van der Waals surface area contributed by atoms with Gasteiger partial charge in [0.15, 0.2) is 0 Å². The van der Waals surface area contributed by atoms with E-state index in [-0.39, 0.29) is 5.82 Å². The second kappa shape index (κ2) is 7.55. The summed E-state index contributed by atoms with van der Waals surface area (Å²) in [6.45, 7) is 3.23. The number of halogens is 1. The molecule has 0 saturated heterocycles. The van der Waals surface area contributed by atoms with Crippen molar-refractivity contribution < 1.29 is 4.39 Å². The minimum Gasteiger partial charge on any atom is -0.366 e. The summed E-state index contributed by atoms with van der Waals surface area (Å²) in [6, 6.07) is 18.6. The zero-order chi connectivity index (χ0) is 16.8. The largest absolute Gasteiger partial charge is 0.366 e. The third-order valence-corrected chi connectivity index (χ3v) is 3.73. The first-order valence-corrected chi connectivity index (χ1v) is 7.90. The van der Waals surface area contributed by atoms with Gasteiger partial charge in [0, 0.05) is 30.4 Å². The van der Waals surface area contributed by atoms with E-state index >= 15 is 0 Å². The molecular weight excluding hydrogens is 303 g/mol. The van der Waals surface area contributed by atoms with Crippen molar-refractivity contribution in [2.24, 2.45) is 0 Å². The summed E-state index contributed by atoms with van der Waals surface area (Å²) in [4.78, 5) is 10.7. The molecule has 0 aliphatic carbocycles. The molecule has 0 bridgehead atoms. The van der Waals surface area contributed by atoms with E-state index < -0.39 is 0 Å². The van der Waals surface area contributed by atoms with E-state index in [1.807, 2.05) is 42.5 Å². The standard InChI is InChI=1S/C19H19FN4/c1-2-24(16-9-4-3-5-10-16)19-12-18(22-14-23-19)21-13-15-8-6-7-11-17(15)20/h3-12,14H,2,13H2,1H3,(H,21,22,23). The molecule has 0 aliphatic rings. The molecule has 0 saturated carbocycles. The van der Waals surface area contributed by atoms with Gasteiger partial charge in [-0.05, 0) is 25.1 Å². The molecular formula is C19H19FN4. The number of para-hydroxylation sites is 1. The maximum Gasteiger partial charge on any atom is 0.138 e. The van der Waals surface area contributed by atoms with Gasteiger partial charge in [-0.2, -0.15) is 0 Å². The number of benzene rings is 2. The van der Waals surface area contributed by atoms with E-state index in [2.05, 4.69) is 27.1 Å². The second-order valence-corrected chi connectivity index (χ2v) is 5.29. The van der Waals surface area contributed by atoms with E-state index in [9.17, 15) is 4.39 Å². The minimum atomic E-state index is -0.223. The molecule has 3 rings (SSSR count). The van der Waals surface area contributed by atoms with Gasteiger partial charge in [-0.25, -0.2) is 14.4 Å². The van der Waals surface area contributed by atoms with E-state index in [4.69, 9.17) is 0 Å². The van der Waals surface area contributed by atoms with Crippen LogP contribution in [0.15, 0.2) is 67.0 Å². The Morgan fingerprint density at radius 1 is 1.00 bits per heavy atom. The van der Waals surface area contributed by atoms with Crippen molar-refractivity contribution in [3.8, 4) is 0 Å². The van der Waals surface area contributed by atoms with Crippen LogP contribution >= 0.6 is 0 Å². The molecule has 3 aromatic rings. The van der Waals surface area contributed by atoms with Gasteiger partial charge < -0.3 is 10.2 Å². The highest BCUT2D eigenvalue weighted by Gasteiger charge is 2.09. The number of nitrogens with zero attached hydrogens (tertiary/aromatic N) is 3. The van der Waals surface area contributed by atoms with Gasteiger partial charge in [0.25, 0.3) is 0 Å². The van der Waals surface area contributed by atoms with Gasteiger partial charge in [-0.1, -0.05) is 36.4 Å². The maximum absolute atomic E-state index is 13.7. The predicted octanol–water partition coefficient (Wildman–Crippen LogP) is 4.39. The Morgan fingerprint density at radius 2 is 1.75 bits per heavy atom. The highest BCUT2D eigenvalue weighted by molar-refractivity contribution is 5.62. The molecule has 122 valence electrons. The molecule has 4 nitrogen and oxygen atoms in total. The predicted molar refractivity (Wildman–Crippen MR) is 94.9 cm³/mol. The number of hydrogen-bond acceptors (Lipinski definition) is 4. The SMILES string of the molecule is CCN(c1ccccc1)c1cc(NCc2ccccc2F)ncn1. The molecule has 0 fully saturated rings. The molecule has 0 amide bonds. The lowest BCUT2D eigenvalue weighted by molar-refractivity contribution is 0.613. The summed E-state index contributed by atoms with van der Waals surface area (Å²) in [5.41, 5.74) is 1.67. The molecule has 0 atom stereocenters. The number of anilines is 3. The zero-order valence-electron chi connectivity index (χ0n) is 13.5. The van der Waals surface area contributed by atoms with Crippen molar-refractivity contribution >= 4 is 17.3 Å². The van der Waals surface area contributed by atoms with E-state index in [0.29, 0.717) is 17.9 Å². The summed E-state index contributed by atoms with van der Waals surface area (Å²) in [5.74, 6) is 1.24. The fraction of sp³-hybridized carbons (Fsp3) is 0.158. The maximum atomic E-state index is 13.7. The summed E-state index contributed by atoms with van der Waals surface area (Å²) in [5, 5.41) is 3.15. The van der Waals surface area contributed by atoms with Crippen LogP contribution < -0.4 is 10.2 Å². The van der Waals surface area contributed by atoms with Crippen molar-refractivity contribution in [1.29, 1.82) is 0 Å². The second-order valence-electron chi connectivity index (χ2n) is 5.29. The molecule has 0 aliphatic heterocycles. The summed E-state index contributed by atoms with van der Waals surface area (Å²) < 4.78 is 13.7. The Labute approximate surface area is 141 Å². The third-order valence-electron chi connectivity index (χ3n) is 3.73. The van der Waals surface area contributed by atoms with Crippen molar-refractivity contribution in [3.63, 3.8) is 0 Å². The first kappa shape index (κ1) is 15.9. The van der Waals surface area contributed by atoms with Crippen LogP contribution in [0.25, 0.3) is 0 Å². The summed E-state index contributed by atoms with van der Waals surface area (Å²) in [6.07, 6.45) is 1.52. The number of nitrogens with one attached hydrogen (secondary N) is 1. The van der Waals surface area contributed by atoms with Crippen LogP contribution in [0.3, 0.4) is 0 Å². The number of aromatic nitrogens is 2. The molecule has 0 radical (unpaired) electrons. The quantitative estimate of drug-likeness (QED) is 0.731. The number of hydrogen-bond donors (Lipinski definition) is 1. The van der Waals surface area contributed by atoms with Crippen LogP contribution in [0.5, 0.6) is 0 Å². The van der Waals surface area contributed by atoms with Crippen LogP contribution in [0.4, 0.5) is 21.7 Å². The Morgan fingerprint density at radius 3 is 2.50 bits per heavy atom. The average molecular weight is 322 g/mol. The van der Waals surface area contributed by atoms with Gasteiger partial charge in [0.2, 0.25) is 0 Å². The van der Waals surface area contributed by atoms with Crippen LogP contribution in [0.1, 0.15) is 12.5 Å². The highest BCUT2D eigenvalue weighted by atomic mass is 19.1. The van der Waals surface area contributed by atoms with Gasteiger partial charge in [-0.15, -0.1) is 0 Å². The Balaban J connectivity index is 1.77. The lowest BCUT2D eigenvalue weighted by atomic mass is 10.2. The van der Waals surface area contributed by atoms with Gasteiger partial charge in [0.05, 0.1) is 0 Å². The Kier molecular flexibility index (Phi) is 5.01. The first-order valence-electron chi connectivity index (χ1n) is 7.90. The fourth-order valence-corrected chi connectivity index (χ4v) is 2.50. The highest BCUT2D eigenvalue weighted by Crippen LogP contribution is 2.24. The minimum absolute atomic E-state index is 0.223. The summed E-state index contributed by atoms with van der Waals surface area (Å²) in [7, 11) is 0. The summed E-state index contributed by atoms with van der Waals surface area (Å²) >= 11 is 0. The zero-order valence-corrected chi connectivity index (χ0v) is 13.5. The monoisotopic (exact) mass is 322 g/mol. The lowest BCUT2D eigenvalue weighted by Crippen LogP contribution is -2.17. The van der Waals surface area contributed by atoms with Crippen LogP contribution in [0, 0.1) is 5.82 Å². The topological polar surface area (TPSA) is 41.0 Å². The molecule has 1 N–H and O–H groups in total. The normalized spacial score (nSPS) is 10.4. The van der Waals surface area contributed by atoms with Crippen LogP contribution in [-0.4, -0.2) is 16.5 Å². The third kappa shape index (κ3) is 3.68. The lowest BCUT2D eigenvalue weighted by Gasteiger charge is -2.22. The Hall–Kier alpha value is -2.95. The number of rotatable bonds is 6. The molecule has 0 unspecified atom stereocenters. The Bertz CT molecular complexity index is 792. The van der Waals surface area contributed by atoms with Gasteiger partial charge in [-0.3, -0.25) is 0 Å². The average Bonchev–Trinajstić information content (AvgIpc) is 2.63. The first-order chi connectivity index (χ1) is 11.8. The van der Waals surface area contributed by atoms with Crippen LogP contribution in [0.2, 0.25) is 0 Å². The van der Waals surface area contributed by atoms with Crippen molar-refractivity contribution in [3.05, 3.63) is 78.4 Å². The fourth-order valence-electron chi connectivity index (χ4n) is 2.50. The van der Waals surface area contributed by atoms with E-state index in [0.717, 1.165) is 18.1 Å². The molecule has 1 heterocycles. The van der Waals surface area contributed by atoms with Gasteiger partial charge in [0.1, 0.15) is 23.8 Å². The van der Waals surface area contributed by atoms with E-state index in [1.54, 1.807) is 12.1 Å².